The number of methoxy groups -OCH3 is 1. The molecule has 1 aromatic carbocycles. The summed E-state index contributed by atoms with van der Waals surface area (Å²) in [5.41, 5.74) is 1.14. The highest BCUT2D eigenvalue weighted by atomic mass is 16.5. The summed E-state index contributed by atoms with van der Waals surface area (Å²) in [5, 5.41) is 6.02. The van der Waals surface area contributed by atoms with Crippen LogP contribution in [0.1, 0.15) is 23.7 Å². The van der Waals surface area contributed by atoms with Gasteiger partial charge in [-0.3, -0.25) is 4.79 Å². The van der Waals surface area contributed by atoms with E-state index in [1.807, 2.05) is 0 Å². The van der Waals surface area contributed by atoms with E-state index in [1.54, 1.807) is 24.3 Å². The molecule has 2 N–H and O–H groups in total. The topological polar surface area (TPSA) is 67.4 Å². The number of benzene rings is 1. The lowest BCUT2D eigenvalue weighted by molar-refractivity contribution is -0.118. The molecule has 0 aromatic heterocycles. The lowest BCUT2D eigenvalue weighted by Crippen LogP contribution is -2.39. The van der Waals surface area contributed by atoms with Crippen LogP contribution >= 0.6 is 0 Å². The molecule has 0 saturated carbocycles. The van der Waals surface area contributed by atoms with Crippen molar-refractivity contribution in [2.45, 2.75) is 19.4 Å². The summed E-state index contributed by atoms with van der Waals surface area (Å²) in [6, 6.07) is 6.52. The SMILES string of the molecule is COC(=O)c1ccc(NC(=O)C2NCCC2C)cc1. The third kappa shape index (κ3) is 3.12. The first-order valence-corrected chi connectivity index (χ1v) is 6.34. The van der Waals surface area contributed by atoms with Gasteiger partial charge >= 0.3 is 5.97 Å². The Morgan fingerprint density at radius 3 is 2.53 bits per heavy atom. The van der Waals surface area contributed by atoms with E-state index in [0.29, 0.717) is 17.2 Å². The Labute approximate surface area is 112 Å². The Balaban J connectivity index is 1.99. The van der Waals surface area contributed by atoms with Gasteiger partial charge in [0.05, 0.1) is 18.7 Å². The lowest BCUT2D eigenvalue weighted by atomic mass is 10.0. The Hall–Kier alpha value is -1.88. The summed E-state index contributed by atoms with van der Waals surface area (Å²) in [6.45, 7) is 2.94. The van der Waals surface area contributed by atoms with Crippen molar-refractivity contribution < 1.29 is 14.3 Å². The molecule has 1 aliphatic rings. The fraction of sp³-hybridized carbons (Fsp3) is 0.429. The van der Waals surface area contributed by atoms with Gasteiger partial charge in [0.25, 0.3) is 0 Å². The van der Waals surface area contributed by atoms with Gasteiger partial charge in [0, 0.05) is 5.69 Å². The molecule has 1 amide bonds. The van der Waals surface area contributed by atoms with Crippen molar-refractivity contribution in [1.82, 2.24) is 5.32 Å². The maximum atomic E-state index is 12.0. The summed E-state index contributed by atoms with van der Waals surface area (Å²) in [5.74, 6) is -0.0749. The van der Waals surface area contributed by atoms with E-state index in [-0.39, 0.29) is 17.9 Å². The molecule has 0 aliphatic carbocycles. The lowest BCUT2D eigenvalue weighted by Gasteiger charge is -2.15. The minimum atomic E-state index is -0.385. The molecule has 1 aromatic rings. The van der Waals surface area contributed by atoms with E-state index in [0.717, 1.165) is 13.0 Å². The van der Waals surface area contributed by atoms with Crippen LogP contribution in [0.2, 0.25) is 0 Å². The van der Waals surface area contributed by atoms with Crippen LogP contribution in [0.15, 0.2) is 24.3 Å². The highest BCUT2D eigenvalue weighted by Gasteiger charge is 2.29. The van der Waals surface area contributed by atoms with Crippen LogP contribution in [0.5, 0.6) is 0 Å². The van der Waals surface area contributed by atoms with Crippen molar-refractivity contribution in [3.8, 4) is 0 Å². The first-order valence-electron chi connectivity index (χ1n) is 6.34. The van der Waals surface area contributed by atoms with Gasteiger partial charge in [-0.2, -0.15) is 0 Å². The summed E-state index contributed by atoms with van der Waals surface area (Å²) in [6.07, 6.45) is 1.01. The smallest absolute Gasteiger partial charge is 0.337 e. The predicted molar refractivity (Wildman–Crippen MR) is 72.0 cm³/mol. The van der Waals surface area contributed by atoms with Gasteiger partial charge in [-0.15, -0.1) is 0 Å². The fourth-order valence-corrected chi connectivity index (χ4v) is 2.21. The van der Waals surface area contributed by atoms with Gasteiger partial charge in [-0.05, 0) is 43.1 Å². The zero-order chi connectivity index (χ0) is 13.8. The molecule has 5 heteroatoms. The summed E-state index contributed by atoms with van der Waals surface area (Å²) < 4.78 is 4.62. The van der Waals surface area contributed by atoms with Gasteiger partial charge in [-0.1, -0.05) is 6.92 Å². The minimum absolute atomic E-state index is 0.0316. The maximum absolute atomic E-state index is 12.0. The number of amides is 1. The molecular formula is C14H18N2O3. The van der Waals surface area contributed by atoms with Crippen LogP contribution < -0.4 is 10.6 Å². The van der Waals surface area contributed by atoms with E-state index in [2.05, 4.69) is 22.3 Å². The van der Waals surface area contributed by atoms with Crippen LogP contribution in [0.25, 0.3) is 0 Å². The minimum Gasteiger partial charge on any atom is -0.465 e. The number of nitrogens with one attached hydrogen (secondary N) is 2. The molecule has 1 heterocycles. The third-order valence-electron chi connectivity index (χ3n) is 3.39. The third-order valence-corrected chi connectivity index (χ3v) is 3.39. The maximum Gasteiger partial charge on any atom is 0.337 e. The van der Waals surface area contributed by atoms with Crippen molar-refractivity contribution in [3.05, 3.63) is 29.8 Å². The molecule has 2 rings (SSSR count). The average Bonchev–Trinajstić information content (AvgIpc) is 2.85. The number of ether oxygens (including phenoxy) is 1. The highest BCUT2D eigenvalue weighted by Crippen LogP contribution is 2.17. The van der Waals surface area contributed by atoms with Crippen molar-refractivity contribution >= 4 is 17.6 Å². The Bertz CT molecular complexity index is 470. The molecule has 5 nitrogen and oxygen atoms in total. The van der Waals surface area contributed by atoms with Crippen molar-refractivity contribution in [2.75, 3.05) is 19.0 Å². The molecule has 1 saturated heterocycles. The van der Waals surface area contributed by atoms with E-state index in [4.69, 9.17) is 0 Å². The second-order valence-electron chi connectivity index (χ2n) is 4.76. The van der Waals surface area contributed by atoms with Crippen LogP contribution in [0, 0.1) is 5.92 Å². The monoisotopic (exact) mass is 262 g/mol. The quantitative estimate of drug-likeness (QED) is 0.808. The number of esters is 1. The van der Waals surface area contributed by atoms with Crippen molar-refractivity contribution in [3.63, 3.8) is 0 Å². The molecule has 1 aliphatic heterocycles. The zero-order valence-corrected chi connectivity index (χ0v) is 11.1. The number of anilines is 1. The van der Waals surface area contributed by atoms with Crippen LogP contribution in [0.4, 0.5) is 5.69 Å². The largest absolute Gasteiger partial charge is 0.465 e. The molecular weight excluding hydrogens is 244 g/mol. The van der Waals surface area contributed by atoms with E-state index in [1.165, 1.54) is 7.11 Å². The molecule has 1 fully saturated rings. The molecule has 0 radical (unpaired) electrons. The normalized spacial score (nSPS) is 22.0. The van der Waals surface area contributed by atoms with E-state index in [9.17, 15) is 9.59 Å². The highest BCUT2D eigenvalue weighted by molar-refractivity contribution is 5.96. The standard InChI is InChI=1S/C14H18N2O3/c1-9-7-8-15-12(9)13(17)16-11-5-3-10(4-6-11)14(18)19-2/h3-6,9,12,15H,7-8H2,1-2H3,(H,16,17). The van der Waals surface area contributed by atoms with Crippen molar-refractivity contribution in [1.29, 1.82) is 0 Å². The molecule has 19 heavy (non-hydrogen) atoms. The van der Waals surface area contributed by atoms with Gasteiger partial charge < -0.3 is 15.4 Å². The second kappa shape index (κ2) is 5.84. The van der Waals surface area contributed by atoms with Gasteiger partial charge in [-0.25, -0.2) is 4.79 Å². The predicted octanol–water partition coefficient (Wildman–Crippen LogP) is 1.41. The number of carbonyl (C=O) groups excluding carboxylic acids is 2. The number of hydrogen-bond donors (Lipinski definition) is 2. The average molecular weight is 262 g/mol. The van der Waals surface area contributed by atoms with Crippen LogP contribution in [0.3, 0.4) is 0 Å². The number of hydrogen-bond acceptors (Lipinski definition) is 4. The summed E-state index contributed by atoms with van der Waals surface area (Å²) in [4.78, 5) is 23.3. The fourth-order valence-electron chi connectivity index (χ4n) is 2.21. The van der Waals surface area contributed by atoms with Gasteiger partial charge in [0.2, 0.25) is 5.91 Å². The zero-order valence-electron chi connectivity index (χ0n) is 11.1. The number of carbonyl (C=O) groups is 2. The number of rotatable bonds is 3. The molecule has 2 unspecified atom stereocenters. The molecule has 102 valence electrons. The molecule has 0 spiro atoms. The van der Waals surface area contributed by atoms with Gasteiger partial charge in [0.1, 0.15) is 0 Å². The van der Waals surface area contributed by atoms with E-state index < -0.39 is 0 Å². The summed E-state index contributed by atoms with van der Waals surface area (Å²) in [7, 11) is 1.34. The summed E-state index contributed by atoms with van der Waals surface area (Å²) >= 11 is 0. The van der Waals surface area contributed by atoms with E-state index >= 15 is 0 Å². The Kier molecular flexibility index (Phi) is 4.16. The molecule has 0 bridgehead atoms. The Morgan fingerprint density at radius 2 is 2.00 bits per heavy atom. The van der Waals surface area contributed by atoms with Crippen molar-refractivity contribution in [2.24, 2.45) is 5.92 Å². The van der Waals surface area contributed by atoms with Crippen LogP contribution in [-0.4, -0.2) is 31.6 Å². The first-order chi connectivity index (χ1) is 9.11. The van der Waals surface area contributed by atoms with Crippen LogP contribution in [-0.2, 0) is 9.53 Å². The Morgan fingerprint density at radius 1 is 1.32 bits per heavy atom. The first kappa shape index (κ1) is 13.5. The molecule has 2 atom stereocenters. The van der Waals surface area contributed by atoms with Gasteiger partial charge in [0.15, 0.2) is 0 Å². The second-order valence-corrected chi connectivity index (χ2v) is 4.76.